The second-order valence-electron chi connectivity index (χ2n) is 15.6. The Balaban J connectivity index is 1.03. The van der Waals surface area contributed by atoms with Crippen LogP contribution in [0.2, 0.25) is 0 Å². The fraction of sp³-hybridized carbons (Fsp3) is 0.0545. The van der Waals surface area contributed by atoms with Crippen LogP contribution in [0.1, 0.15) is 35.1 Å². The first-order chi connectivity index (χ1) is 29.6. The number of hydrogen-bond acceptors (Lipinski definition) is 4. The molecule has 60 heavy (non-hydrogen) atoms. The zero-order chi connectivity index (χ0) is 40.0. The van der Waals surface area contributed by atoms with Gasteiger partial charge in [-0.3, -0.25) is 4.99 Å². The molecule has 9 aromatic rings. The summed E-state index contributed by atoms with van der Waals surface area (Å²) in [5.74, 6) is 1.97. The van der Waals surface area contributed by atoms with E-state index in [9.17, 15) is 0 Å². The Bertz CT molecular complexity index is 3120. The second kappa shape index (κ2) is 14.6. The van der Waals surface area contributed by atoms with E-state index >= 15 is 0 Å². The molecule has 7 aromatic carbocycles. The summed E-state index contributed by atoms with van der Waals surface area (Å²) in [5.41, 5.74) is 13.3. The number of aromatic nitrogens is 4. The highest BCUT2D eigenvalue weighted by atomic mass is 15.0. The van der Waals surface area contributed by atoms with Crippen LogP contribution in [0.15, 0.2) is 222 Å². The Morgan fingerprint density at radius 3 is 1.70 bits per heavy atom. The van der Waals surface area contributed by atoms with Crippen LogP contribution in [0.25, 0.3) is 56.0 Å². The molecule has 5 nitrogen and oxygen atoms in total. The fourth-order valence-electron chi connectivity index (χ4n) is 9.12. The van der Waals surface area contributed by atoms with Crippen LogP contribution in [0.4, 0.5) is 5.69 Å². The molecule has 0 amide bonds. The maximum absolute atomic E-state index is 5.56. The fourth-order valence-corrected chi connectivity index (χ4v) is 9.12. The predicted octanol–water partition coefficient (Wildman–Crippen LogP) is 13.2. The van der Waals surface area contributed by atoms with Gasteiger partial charge >= 0.3 is 0 Å². The zero-order valence-electron chi connectivity index (χ0n) is 33.0. The van der Waals surface area contributed by atoms with Gasteiger partial charge in [-0.15, -0.1) is 0 Å². The lowest BCUT2D eigenvalue weighted by Gasteiger charge is -2.35. The molecule has 0 saturated carbocycles. The molecule has 3 heterocycles. The molecule has 2 unspecified atom stereocenters. The first kappa shape index (κ1) is 35.4. The van der Waals surface area contributed by atoms with Gasteiger partial charge in [-0.2, -0.15) is 0 Å². The van der Waals surface area contributed by atoms with Crippen LogP contribution >= 0.6 is 0 Å². The molecule has 284 valence electrons. The molecule has 2 aliphatic rings. The molecule has 0 radical (unpaired) electrons. The van der Waals surface area contributed by atoms with Crippen molar-refractivity contribution in [2.45, 2.75) is 18.3 Å². The van der Waals surface area contributed by atoms with Crippen LogP contribution in [0, 0.1) is 0 Å². The van der Waals surface area contributed by atoms with Crippen LogP contribution in [-0.2, 0) is 5.41 Å². The molecule has 0 spiro atoms. The number of aliphatic imine (C=N–C) groups is 1. The summed E-state index contributed by atoms with van der Waals surface area (Å²) in [4.78, 5) is 24.3. The van der Waals surface area contributed by atoms with Crippen molar-refractivity contribution in [1.29, 1.82) is 0 Å². The molecule has 2 atom stereocenters. The predicted molar refractivity (Wildman–Crippen MR) is 246 cm³/mol. The lowest BCUT2D eigenvalue weighted by Crippen LogP contribution is -2.37. The van der Waals surface area contributed by atoms with E-state index in [-0.39, 0.29) is 5.92 Å². The Labute approximate surface area is 348 Å². The van der Waals surface area contributed by atoms with E-state index in [4.69, 9.17) is 19.9 Å². The first-order valence-electron chi connectivity index (χ1n) is 20.4. The highest BCUT2D eigenvalue weighted by molar-refractivity contribution is 6.22. The van der Waals surface area contributed by atoms with Crippen molar-refractivity contribution in [3.63, 3.8) is 0 Å². The summed E-state index contributed by atoms with van der Waals surface area (Å²) >= 11 is 0. The number of allylic oxidation sites excluding steroid dienone is 6. The lowest BCUT2D eigenvalue weighted by atomic mass is 9.64. The number of nitrogens with one attached hydrogen (secondary N) is 1. The standard InChI is InChI=1S/C55H39N5/c1-36-34-42(37-26-28-41(29-27-37)54-59-52(39-18-8-3-9-19-39)58-53(60-54)40-20-10-4-11-21-40)30-31-44(35-36)55(43-22-12-5-13-23-43)49-48(57-51(55)38-16-6-2-7-17-38)33-32-46-45-24-14-15-25-47(45)56-50(46)49/h2-35,42,56H,1H3. The molecule has 2 aromatic heterocycles. The zero-order valence-corrected chi connectivity index (χ0v) is 33.0. The van der Waals surface area contributed by atoms with E-state index in [0.717, 1.165) is 44.7 Å². The summed E-state index contributed by atoms with van der Waals surface area (Å²) in [6.07, 6.45) is 9.42. The van der Waals surface area contributed by atoms with Crippen molar-refractivity contribution >= 4 is 33.2 Å². The van der Waals surface area contributed by atoms with Crippen LogP contribution < -0.4 is 0 Å². The van der Waals surface area contributed by atoms with Crippen molar-refractivity contribution in [2.24, 2.45) is 4.99 Å². The van der Waals surface area contributed by atoms with Gasteiger partial charge in [-0.05, 0) is 41.3 Å². The molecular formula is C55H39N5. The van der Waals surface area contributed by atoms with Crippen molar-refractivity contribution in [3.8, 4) is 34.2 Å². The number of nitrogens with zero attached hydrogens (tertiary/aromatic N) is 4. The lowest BCUT2D eigenvalue weighted by molar-refractivity contribution is 0.854. The number of rotatable bonds is 7. The van der Waals surface area contributed by atoms with E-state index in [1.54, 1.807) is 0 Å². The monoisotopic (exact) mass is 769 g/mol. The number of para-hydroxylation sites is 1. The van der Waals surface area contributed by atoms with E-state index in [1.807, 2.05) is 60.7 Å². The smallest absolute Gasteiger partial charge is 0.164 e. The minimum Gasteiger partial charge on any atom is -0.354 e. The first-order valence-corrected chi connectivity index (χ1v) is 20.4. The summed E-state index contributed by atoms with van der Waals surface area (Å²) in [6, 6.07) is 63.5. The number of benzene rings is 7. The van der Waals surface area contributed by atoms with Gasteiger partial charge in [0.2, 0.25) is 0 Å². The van der Waals surface area contributed by atoms with Gasteiger partial charge in [-0.1, -0.05) is 200 Å². The average Bonchev–Trinajstić information content (AvgIpc) is 3.80. The van der Waals surface area contributed by atoms with Gasteiger partial charge in [-0.25, -0.2) is 15.0 Å². The van der Waals surface area contributed by atoms with Crippen molar-refractivity contribution in [1.82, 2.24) is 19.9 Å². The molecule has 0 bridgehead atoms. The third-order valence-corrected chi connectivity index (χ3v) is 11.9. The summed E-state index contributed by atoms with van der Waals surface area (Å²) < 4.78 is 0. The Morgan fingerprint density at radius 2 is 1.07 bits per heavy atom. The largest absolute Gasteiger partial charge is 0.354 e. The molecule has 1 aliphatic carbocycles. The van der Waals surface area contributed by atoms with E-state index in [2.05, 4.69) is 158 Å². The van der Waals surface area contributed by atoms with Crippen molar-refractivity contribution < 1.29 is 0 Å². The molecule has 0 saturated heterocycles. The van der Waals surface area contributed by atoms with Gasteiger partial charge in [0.05, 0.1) is 22.3 Å². The van der Waals surface area contributed by atoms with Crippen LogP contribution in [0.5, 0.6) is 0 Å². The molecular weight excluding hydrogens is 731 g/mol. The van der Waals surface area contributed by atoms with Gasteiger partial charge in [0.1, 0.15) is 0 Å². The maximum Gasteiger partial charge on any atom is 0.164 e. The Kier molecular flexibility index (Phi) is 8.59. The normalized spacial score (nSPS) is 17.2. The summed E-state index contributed by atoms with van der Waals surface area (Å²) in [7, 11) is 0. The molecule has 0 fully saturated rings. The maximum atomic E-state index is 5.56. The van der Waals surface area contributed by atoms with Crippen LogP contribution in [0.3, 0.4) is 0 Å². The molecule has 11 rings (SSSR count). The van der Waals surface area contributed by atoms with E-state index in [0.29, 0.717) is 17.5 Å². The Hall–Kier alpha value is -7.76. The van der Waals surface area contributed by atoms with E-state index < -0.39 is 5.41 Å². The summed E-state index contributed by atoms with van der Waals surface area (Å²) in [5, 5.41) is 2.41. The van der Waals surface area contributed by atoms with Gasteiger partial charge in [0, 0.05) is 44.5 Å². The Morgan fingerprint density at radius 1 is 0.517 bits per heavy atom. The SMILES string of the molecule is CC1=CC(c2ccc(-c3nc(-c4ccccc4)nc(-c4ccccc4)n3)cc2)C=CC(C2(c3ccccc3)C(c3ccccc3)=Nc3ccc4c([nH]c5ccccc54)c32)=C1. The van der Waals surface area contributed by atoms with Crippen molar-refractivity contribution in [2.75, 3.05) is 0 Å². The molecule has 1 aliphatic heterocycles. The average molecular weight is 770 g/mol. The number of fused-ring (bicyclic) bond motifs is 5. The minimum absolute atomic E-state index is 0.0283. The number of aromatic amines is 1. The highest BCUT2D eigenvalue weighted by Gasteiger charge is 2.49. The number of hydrogen-bond donors (Lipinski definition) is 1. The third kappa shape index (κ3) is 5.94. The minimum atomic E-state index is -0.714. The second-order valence-corrected chi connectivity index (χ2v) is 15.6. The quantitative estimate of drug-likeness (QED) is 0.176. The van der Waals surface area contributed by atoms with Gasteiger partial charge < -0.3 is 4.98 Å². The van der Waals surface area contributed by atoms with Gasteiger partial charge in [0.15, 0.2) is 17.5 Å². The number of H-pyrrole nitrogens is 1. The molecule has 1 N–H and O–H groups in total. The van der Waals surface area contributed by atoms with Crippen molar-refractivity contribution in [3.05, 3.63) is 240 Å². The summed E-state index contributed by atoms with van der Waals surface area (Å²) in [6.45, 7) is 2.22. The third-order valence-electron chi connectivity index (χ3n) is 11.9. The highest BCUT2D eigenvalue weighted by Crippen LogP contribution is 2.55. The van der Waals surface area contributed by atoms with Gasteiger partial charge in [0.25, 0.3) is 0 Å². The van der Waals surface area contributed by atoms with Crippen LogP contribution in [-0.4, -0.2) is 25.6 Å². The molecule has 5 heteroatoms. The van der Waals surface area contributed by atoms with E-state index in [1.165, 1.54) is 38.6 Å². The topological polar surface area (TPSA) is 66.8 Å².